The zero-order valence-electron chi connectivity index (χ0n) is 7.87. The van der Waals surface area contributed by atoms with Gasteiger partial charge in [0, 0.05) is 23.1 Å². The Bertz CT molecular complexity index is 462. The standard InChI is InChI=1S/C10H12N2O2/c1-14-9-3-2-8-7(10(9)13)4-6(5-11)12-8/h2-4,12-13H,5,11H2,1H3. The summed E-state index contributed by atoms with van der Waals surface area (Å²) in [6.07, 6.45) is 0. The molecule has 0 saturated carbocycles. The number of ether oxygens (including phenoxy) is 1. The van der Waals surface area contributed by atoms with E-state index < -0.39 is 0 Å². The first-order valence-electron chi connectivity index (χ1n) is 4.34. The van der Waals surface area contributed by atoms with Crippen LogP contribution in [-0.2, 0) is 6.54 Å². The number of methoxy groups -OCH3 is 1. The average Bonchev–Trinajstić information content (AvgIpc) is 2.62. The van der Waals surface area contributed by atoms with Crippen LogP contribution in [0.15, 0.2) is 18.2 Å². The minimum atomic E-state index is 0.154. The van der Waals surface area contributed by atoms with Crippen LogP contribution in [-0.4, -0.2) is 17.2 Å². The molecule has 0 bridgehead atoms. The van der Waals surface area contributed by atoms with Gasteiger partial charge in [0.1, 0.15) is 0 Å². The monoisotopic (exact) mass is 192 g/mol. The molecule has 4 nitrogen and oxygen atoms in total. The Balaban J connectivity index is 2.68. The van der Waals surface area contributed by atoms with Gasteiger partial charge in [0.2, 0.25) is 0 Å². The minimum Gasteiger partial charge on any atom is -0.504 e. The Morgan fingerprint density at radius 1 is 1.50 bits per heavy atom. The number of benzene rings is 1. The van der Waals surface area contributed by atoms with E-state index in [1.165, 1.54) is 7.11 Å². The number of H-pyrrole nitrogens is 1. The molecular weight excluding hydrogens is 180 g/mol. The number of fused-ring (bicyclic) bond motifs is 1. The number of nitrogens with one attached hydrogen (secondary N) is 1. The molecule has 0 spiro atoms. The maximum atomic E-state index is 9.77. The lowest BCUT2D eigenvalue weighted by atomic mass is 10.2. The Kier molecular flexibility index (Phi) is 2.05. The molecule has 0 aliphatic rings. The summed E-state index contributed by atoms with van der Waals surface area (Å²) in [5.41, 5.74) is 7.25. The molecule has 0 unspecified atom stereocenters. The highest BCUT2D eigenvalue weighted by Gasteiger charge is 2.08. The number of hydrogen-bond donors (Lipinski definition) is 3. The molecule has 2 rings (SSSR count). The first-order valence-corrected chi connectivity index (χ1v) is 4.34. The van der Waals surface area contributed by atoms with Gasteiger partial charge in [-0.2, -0.15) is 0 Å². The van der Waals surface area contributed by atoms with Gasteiger partial charge in [-0.3, -0.25) is 0 Å². The van der Waals surface area contributed by atoms with Crippen LogP contribution in [0.2, 0.25) is 0 Å². The molecule has 0 radical (unpaired) electrons. The second kappa shape index (κ2) is 3.23. The van der Waals surface area contributed by atoms with Crippen molar-refractivity contribution in [3.63, 3.8) is 0 Å². The number of aromatic nitrogens is 1. The maximum Gasteiger partial charge on any atom is 0.167 e. The quantitative estimate of drug-likeness (QED) is 0.672. The van der Waals surface area contributed by atoms with E-state index in [0.29, 0.717) is 12.3 Å². The summed E-state index contributed by atoms with van der Waals surface area (Å²) in [5, 5.41) is 10.5. The molecule has 0 amide bonds. The average molecular weight is 192 g/mol. The van der Waals surface area contributed by atoms with Gasteiger partial charge < -0.3 is 20.6 Å². The van der Waals surface area contributed by atoms with Gasteiger partial charge >= 0.3 is 0 Å². The number of phenolic OH excluding ortho intramolecular Hbond substituents is 1. The van der Waals surface area contributed by atoms with Crippen LogP contribution in [0.3, 0.4) is 0 Å². The normalized spacial score (nSPS) is 10.7. The van der Waals surface area contributed by atoms with Gasteiger partial charge in [-0.05, 0) is 18.2 Å². The fourth-order valence-electron chi connectivity index (χ4n) is 1.50. The summed E-state index contributed by atoms with van der Waals surface area (Å²) in [6, 6.07) is 5.40. The zero-order valence-corrected chi connectivity index (χ0v) is 7.87. The van der Waals surface area contributed by atoms with Gasteiger partial charge in [-0.25, -0.2) is 0 Å². The molecule has 0 fully saturated rings. The number of rotatable bonds is 2. The highest BCUT2D eigenvalue weighted by molar-refractivity contribution is 5.88. The Morgan fingerprint density at radius 3 is 2.93 bits per heavy atom. The van der Waals surface area contributed by atoms with Gasteiger partial charge in [0.15, 0.2) is 11.5 Å². The van der Waals surface area contributed by atoms with Crippen molar-refractivity contribution in [3.8, 4) is 11.5 Å². The van der Waals surface area contributed by atoms with Crippen LogP contribution in [0, 0.1) is 0 Å². The van der Waals surface area contributed by atoms with Crippen molar-refractivity contribution in [1.82, 2.24) is 4.98 Å². The van der Waals surface area contributed by atoms with Crippen molar-refractivity contribution in [2.45, 2.75) is 6.54 Å². The molecule has 1 aromatic carbocycles. The number of hydrogen-bond acceptors (Lipinski definition) is 3. The predicted octanol–water partition coefficient (Wildman–Crippen LogP) is 1.34. The number of nitrogens with two attached hydrogens (primary N) is 1. The molecule has 0 aliphatic carbocycles. The van der Waals surface area contributed by atoms with Crippen molar-refractivity contribution in [2.75, 3.05) is 7.11 Å². The Hall–Kier alpha value is -1.68. The molecule has 14 heavy (non-hydrogen) atoms. The number of aromatic amines is 1. The highest BCUT2D eigenvalue weighted by Crippen LogP contribution is 2.34. The van der Waals surface area contributed by atoms with Crippen LogP contribution >= 0.6 is 0 Å². The topological polar surface area (TPSA) is 71.3 Å². The fraction of sp³-hybridized carbons (Fsp3) is 0.200. The van der Waals surface area contributed by atoms with E-state index in [9.17, 15) is 5.11 Å². The van der Waals surface area contributed by atoms with Crippen molar-refractivity contribution in [3.05, 3.63) is 23.9 Å². The second-order valence-corrected chi connectivity index (χ2v) is 3.08. The number of phenols is 1. The van der Waals surface area contributed by atoms with E-state index in [0.717, 1.165) is 16.6 Å². The molecule has 4 heteroatoms. The minimum absolute atomic E-state index is 0.154. The summed E-state index contributed by atoms with van der Waals surface area (Å²) in [5.74, 6) is 0.626. The summed E-state index contributed by atoms with van der Waals surface area (Å²) >= 11 is 0. The lowest BCUT2D eigenvalue weighted by Gasteiger charge is -2.02. The molecule has 4 N–H and O–H groups in total. The SMILES string of the molecule is COc1ccc2[nH]c(CN)cc2c1O. The Morgan fingerprint density at radius 2 is 2.29 bits per heavy atom. The summed E-state index contributed by atoms with van der Waals surface area (Å²) < 4.78 is 5.00. The van der Waals surface area contributed by atoms with Crippen LogP contribution in [0.4, 0.5) is 0 Å². The second-order valence-electron chi connectivity index (χ2n) is 3.08. The highest BCUT2D eigenvalue weighted by atomic mass is 16.5. The van der Waals surface area contributed by atoms with E-state index in [4.69, 9.17) is 10.5 Å². The molecule has 2 aromatic rings. The van der Waals surface area contributed by atoms with Gasteiger partial charge in [0.25, 0.3) is 0 Å². The summed E-state index contributed by atoms with van der Waals surface area (Å²) in [7, 11) is 1.53. The van der Waals surface area contributed by atoms with Crippen LogP contribution in [0.25, 0.3) is 10.9 Å². The van der Waals surface area contributed by atoms with E-state index in [2.05, 4.69) is 4.98 Å². The zero-order chi connectivity index (χ0) is 10.1. The van der Waals surface area contributed by atoms with Crippen molar-refractivity contribution in [1.29, 1.82) is 0 Å². The maximum absolute atomic E-state index is 9.77. The fourth-order valence-corrected chi connectivity index (χ4v) is 1.50. The van der Waals surface area contributed by atoms with Gasteiger partial charge in [-0.1, -0.05) is 0 Å². The van der Waals surface area contributed by atoms with Crippen LogP contribution in [0.1, 0.15) is 5.69 Å². The van der Waals surface area contributed by atoms with E-state index >= 15 is 0 Å². The Labute approximate surface area is 81.3 Å². The van der Waals surface area contributed by atoms with E-state index in [1.54, 1.807) is 6.07 Å². The predicted molar refractivity (Wildman–Crippen MR) is 54.4 cm³/mol. The molecule has 1 heterocycles. The molecule has 0 aliphatic heterocycles. The first kappa shape index (κ1) is 8.90. The van der Waals surface area contributed by atoms with Crippen LogP contribution < -0.4 is 10.5 Å². The summed E-state index contributed by atoms with van der Waals surface area (Å²) in [6.45, 7) is 0.427. The molecule has 1 aromatic heterocycles. The molecule has 74 valence electrons. The van der Waals surface area contributed by atoms with Crippen molar-refractivity contribution >= 4 is 10.9 Å². The van der Waals surface area contributed by atoms with Gasteiger partial charge in [0.05, 0.1) is 7.11 Å². The van der Waals surface area contributed by atoms with Crippen molar-refractivity contribution < 1.29 is 9.84 Å². The third-order valence-electron chi connectivity index (χ3n) is 2.23. The lowest BCUT2D eigenvalue weighted by Crippen LogP contribution is -1.94. The molecular formula is C10H12N2O2. The van der Waals surface area contributed by atoms with E-state index in [1.807, 2.05) is 12.1 Å². The molecule has 0 atom stereocenters. The van der Waals surface area contributed by atoms with E-state index in [-0.39, 0.29) is 5.75 Å². The van der Waals surface area contributed by atoms with Crippen molar-refractivity contribution in [2.24, 2.45) is 5.73 Å². The van der Waals surface area contributed by atoms with Gasteiger partial charge in [-0.15, -0.1) is 0 Å². The lowest BCUT2D eigenvalue weighted by molar-refractivity contribution is 0.376. The number of aromatic hydroxyl groups is 1. The third-order valence-corrected chi connectivity index (χ3v) is 2.23. The van der Waals surface area contributed by atoms with Crippen LogP contribution in [0.5, 0.6) is 11.5 Å². The molecule has 0 saturated heterocycles. The summed E-state index contributed by atoms with van der Waals surface area (Å²) in [4.78, 5) is 3.10. The largest absolute Gasteiger partial charge is 0.504 e. The third kappa shape index (κ3) is 1.20. The first-order chi connectivity index (χ1) is 6.76. The smallest absolute Gasteiger partial charge is 0.167 e.